The second-order valence-electron chi connectivity index (χ2n) is 2.15. The van der Waals surface area contributed by atoms with Crippen molar-refractivity contribution in [2.75, 3.05) is 5.43 Å². The molecule has 0 aliphatic carbocycles. The molecule has 1 aromatic rings. The van der Waals surface area contributed by atoms with E-state index in [1.165, 1.54) is 6.21 Å². The Morgan fingerprint density at radius 1 is 1.42 bits per heavy atom. The molecule has 1 rings (SSSR count). The molecular formula is C9H9N3. The van der Waals surface area contributed by atoms with Crippen LogP contribution >= 0.6 is 0 Å². The topological polar surface area (TPSA) is 48.2 Å². The smallest absolute Gasteiger partial charge is 0.0722 e. The molecule has 0 radical (unpaired) electrons. The zero-order valence-corrected chi connectivity index (χ0v) is 6.57. The summed E-state index contributed by atoms with van der Waals surface area (Å²) in [5.41, 5.74) is 3.72. The second kappa shape index (κ2) is 4.91. The lowest BCUT2D eigenvalue weighted by molar-refractivity contribution is 1.32. The highest BCUT2D eigenvalue weighted by Gasteiger charge is 1.82. The maximum absolute atomic E-state index is 8.19. The first-order chi connectivity index (χ1) is 5.93. The Hall–Kier alpha value is -1.82. The largest absolute Gasteiger partial charge is 0.279 e. The van der Waals surface area contributed by atoms with Crippen molar-refractivity contribution in [3.63, 3.8) is 0 Å². The number of hydrazone groups is 1. The van der Waals surface area contributed by atoms with E-state index in [1.807, 2.05) is 36.4 Å². The van der Waals surface area contributed by atoms with E-state index in [9.17, 15) is 0 Å². The van der Waals surface area contributed by atoms with Crippen molar-refractivity contribution < 1.29 is 0 Å². The summed E-state index contributed by atoms with van der Waals surface area (Å²) < 4.78 is 0. The lowest BCUT2D eigenvalue weighted by atomic mass is 10.3. The highest BCUT2D eigenvalue weighted by atomic mass is 15.3. The Labute approximate surface area is 71.3 Å². The number of hydrogen-bond acceptors (Lipinski definition) is 3. The summed E-state index contributed by atoms with van der Waals surface area (Å²) in [6, 6.07) is 11.5. The van der Waals surface area contributed by atoms with E-state index in [0.29, 0.717) is 6.42 Å². The third-order valence-corrected chi connectivity index (χ3v) is 1.24. The summed E-state index contributed by atoms with van der Waals surface area (Å²) in [5, 5.41) is 12.0. The minimum Gasteiger partial charge on any atom is -0.279 e. The van der Waals surface area contributed by atoms with Crippen molar-refractivity contribution in [3.8, 4) is 6.07 Å². The monoisotopic (exact) mass is 159 g/mol. The zero-order valence-electron chi connectivity index (χ0n) is 6.57. The summed E-state index contributed by atoms with van der Waals surface area (Å²) in [6.07, 6.45) is 1.87. The Morgan fingerprint density at radius 2 is 2.17 bits per heavy atom. The Bertz CT molecular complexity index is 284. The summed E-state index contributed by atoms with van der Waals surface area (Å²) in [7, 11) is 0. The molecule has 0 heterocycles. The molecule has 0 bridgehead atoms. The first-order valence-electron chi connectivity index (χ1n) is 3.63. The van der Waals surface area contributed by atoms with Crippen molar-refractivity contribution in [1.29, 1.82) is 5.26 Å². The maximum atomic E-state index is 8.19. The van der Waals surface area contributed by atoms with Crippen LogP contribution in [0, 0.1) is 11.3 Å². The van der Waals surface area contributed by atoms with Gasteiger partial charge in [0.2, 0.25) is 0 Å². The molecule has 3 heteroatoms. The summed E-state index contributed by atoms with van der Waals surface area (Å²) >= 11 is 0. The van der Waals surface area contributed by atoms with Crippen LogP contribution in [0.25, 0.3) is 0 Å². The number of benzene rings is 1. The zero-order chi connectivity index (χ0) is 8.65. The third-order valence-electron chi connectivity index (χ3n) is 1.24. The summed E-state index contributed by atoms with van der Waals surface area (Å²) in [4.78, 5) is 0. The van der Waals surface area contributed by atoms with E-state index < -0.39 is 0 Å². The van der Waals surface area contributed by atoms with Gasteiger partial charge in [-0.1, -0.05) is 18.2 Å². The van der Waals surface area contributed by atoms with Gasteiger partial charge in [0, 0.05) is 6.21 Å². The van der Waals surface area contributed by atoms with Gasteiger partial charge in [0.15, 0.2) is 0 Å². The van der Waals surface area contributed by atoms with Crippen LogP contribution in [0.5, 0.6) is 0 Å². The Balaban J connectivity index is 2.39. The van der Waals surface area contributed by atoms with Gasteiger partial charge < -0.3 is 0 Å². The first-order valence-corrected chi connectivity index (χ1v) is 3.63. The molecule has 1 aromatic carbocycles. The molecule has 0 unspecified atom stereocenters. The SMILES string of the molecule is N#CCC=NNc1ccccc1. The van der Waals surface area contributed by atoms with E-state index in [-0.39, 0.29) is 0 Å². The molecule has 1 N–H and O–H groups in total. The van der Waals surface area contributed by atoms with Crippen molar-refractivity contribution in [2.24, 2.45) is 5.10 Å². The maximum Gasteiger partial charge on any atom is 0.0722 e. The van der Waals surface area contributed by atoms with Crippen LogP contribution in [0.1, 0.15) is 6.42 Å². The van der Waals surface area contributed by atoms with E-state index in [1.54, 1.807) is 0 Å². The Kier molecular flexibility index (Phi) is 3.39. The number of nitriles is 1. The number of hydrogen-bond donors (Lipinski definition) is 1. The molecule has 0 aromatic heterocycles. The number of nitrogens with one attached hydrogen (secondary N) is 1. The van der Waals surface area contributed by atoms with Crippen molar-refractivity contribution in [1.82, 2.24) is 0 Å². The minimum absolute atomic E-state index is 0.333. The van der Waals surface area contributed by atoms with E-state index in [0.717, 1.165) is 5.69 Å². The lowest BCUT2D eigenvalue weighted by Gasteiger charge is -1.96. The Morgan fingerprint density at radius 3 is 2.83 bits per heavy atom. The number of para-hydroxylation sites is 1. The van der Waals surface area contributed by atoms with Crippen LogP contribution in [0.15, 0.2) is 35.4 Å². The number of nitrogens with zero attached hydrogens (tertiary/aromatic N) is 2. The van der Waals surface area contributed by atoms with Gasteiger partial charge in [0.05, 0.1) is 18.2 Å². The molecule has 0 fully saturated rings. The van der Waals surface area contributed by atoms with Gasteiger partial charge in [0.25, 0.3) is 0 Å². The van der Waals surface area contributed by atoms with Crippen molar-refractivity contribution in [2.45, 2.75) is 6.42 Å². The third kappa shape index (κ3) is 2.84. The van der Waals surface area contributed by atoms with Gasteiger partial charge in [-0.05, 0) is 12.1 Å². The van der Waals surface area contributed by atoms with Crippen molar-refractivity contribution >= 4 is 11.9 Å². The molecule has 0 aliphatic heterocycles. The average molecular weight is 159 g/mol. The molecule has 0 atom stereocenters. The molecule has 0 amide bonds. The molecule has 0 aliphatic rings. The molecule has 0 saturated carbocycles. The van der Waals surface area contributed by atoms with Crippen LogP contribution in [-0.4, -0.2) is 6.21 Å². The highest BCUT2D eigenvalue weighted by Crippen LogP contribution is 2.03. The quantitative estimate of drug-likeness (QED) is 0.541. The van der Waals surface area contributed by atoms with Gasteiger partial charge in [0.1, 0.15) is 0 Å². The van der Waals surface area contributed by atoms with Gasteiger partial charge in [-0.15, -0.1) is 0 Å². The number of rotatable bonds is 3. The number of anilines is 1. The average Bonchev–Trinajstić information content (AvgIpc) is 2.14. The molecule has 60 valence electrons. The lowest BCUT2D eigenvalue weighted by Crippen LogP contribution is -1.87. The summed E-state index contributed by atoms with van der Waals surface area (Å²) in [6.45, 7) is 0. The minimum atomic E-state index is 0.333. The van der Waals surface area contributed by atoms with Gasteiger partial charge in [-0.2, -0.15) is 10.4 Å². The van der Waals surface area contributed by atoms with Gasteiger partial charge in [-0.3, -0.25) is 5.43 Å². The predicted molar refractivity (Wildman–Crippen MR) is 48.8 cm³/mol. The van der Waals surface area contributed by atoms with E-state index in [4.69, 9.17) is 5.26 Å². The van der Waals surface area contributed by atoms with E-state index in [2.05, 4.69) is 10.5 Å². The molecule has 3 nitrogen and oxygen atoms in total. The van der Waals surface area contributed by atoms with Crippen LogP contribution in [-0.2, 0) is 0 Å². The standard InChI is InChI=1S/C9H9N3/c10-7-4-8-11-12-9-5-2-1-3-6-9/h1-3,5-6,8,12H,4H2. The normalized spacial score (nSPS) is 9.58. The van der Waals surface area contributed by atoms with Gasteiger partial charge in [-0.25, -0.2) is 0 Å². The fourth-order valence-electron chi connectivity index (χ4n) is 0.719. The van der Waals surface area contributed by atoms with Crippen LogP contribution < -0.4 is 5.43 Å². The highest BCUT2D eigenvalue weighted by molar-refractivity contribution is 5.61. The van der Waals surface area contributed by atoms with Crippen LogP contribution in [0.3, 0.4) is 0 Å². The fraction of sp³-hybridized carbons (Fsp3) is 0.111. The van der Waals surface area contributed by atoms with E-state index >= 15 is 0 Å². The first kappa shape index (κ1) is 8.28. The second-order valence-corrected chi connectivity index (χ2v) is 2.15. The molecule has 0 spiro atoms. The molecule has 12 heavy (non-hydrogen) atoms. The fourth-order valence-corrected chi connectivity index (χ4v) is 0.719. The summed E-state index contributed by atoms with van der Waals surface area (Å²) in [5.74, 6) is 0. The van der Waals surface area contributed by atoms with Crippen LogP contribution in [0.4, 0.5) is 5.69 Å². The van der Waals surface area contributed by atoms with Crippen molar-refractivity contribution in [3.05, 3.63) is 30.3 Å². The molecule has 0 saturated heterocycles. The molecular weight excluding hydrogens is 150 g/mol. The predicted octanol–water partition coefficient (Wildman–Crippen LogP) is 2.00. The van der Waals surface area contributed by atoms with Gasteiger partial charge >= 0.3 is 0 Å². The van der Waals surface area contributed by atoms with Crippen LogP contribution in [0.2, 0.25) is 0 Å².